The van der Waals surface area contributed by atoms with E-state index in [-0.39, 0.29) is 0 Å². The summed E-state index contributed by atoms with van der Waals surface area (Å²) in [5.41, 5.74) is 7.79. The quantitative estimate of drug-likeness (QED) is 0.881. The van der Waals surface area contributed by atoms with E-state index in [1.54, 1.807) is 6.07 Å². The van der Waals surface area contributed by atoms with E-state index in [1.165, 1.54) is 18.5 Å². The monoisotopic (exact) mass is 255 g/mol. The van der Waals surface area contributed by atoms with Crippen LogP contribution in [0.3, 0.4) is 0 Å². The number of aromatic nitrogens is 2. The first-order valence-electron chi connectivity index (χ1n) is 6.52. The number of nitrogen functional groups attached to an aromatic ring is 1. The molecule has 0 radical (unpaired) electrons. The molecule has 5 nitrogen and oxygen atoms in total. The predicted molar refractivity (Wildman–Crippen MR) is 77.6 cm³/mol. The zero-order valence-corrected chi connectivity index (χ0v) is 10.7. The molecule has 19 heavy (non-hydrogen) atoms. The smallest absolute Gasteiger partial charge is 0.153 e. The fourth-order valence-electron chi connectivity index (χ4n) is 2.29. The van der Waals surface area contributed by atoms with E-state index in [4.69, 9.17) is 5.73 Å². The standard InChI is InChI=1S/C14H17N5/c15-13-7-8-14(18-17-13)16-11-3-5-12(6-4-11)19-9-1-2-10-19/h3-8H,1-2,9-10H2,(H2,15,17)(H,16,18). The lowest BCUT2D eigenvalue weighted by atomic mass is 10.2. The highest BCUT2D eigenvalue weighted by molar-refractivity contribution is 5.61. The lowest BCUT2D eigenvalue weighted by Crippen LogP contribution is -2.17. The Hall–Kier alpha value is -2.30. The molecule has 5 heteroatoms. The maximum absolute atomic E-state index is 5.50. The summed E-state index contributed by atoms with van der Waals surface area (Å²) in [6, 6.07) is 11.9. The van der Waals surface area contributed by atoms with Gasteiger partial charge in [-0.25, -0.2) is 0 Å². The lowest BCUT2D eigenvalue weighted by Gasteiger charge is -2.17. The molecule has 0 atom stereocenters. The molecular formula is C14H17N5. The highest BCUT2D eigenvalue weighted by Gasteiger charge is 2.11. The molecule has 1 aliphatic heterocycles. The predicted octanol–water partition coefficient (Wildman–Crippen LogP) is 2.40. The molecule has 3 rings (SSSR count). The van der Waals surface area contributed by atoms with Crippen molar-refractivity contribution in [3.05, 3.63) is 36.4 Å². The number of rotatable bonds is 3. The fourth-order valence-corrected chi connectivity index (χ4v) is 2.29. The van der Waals surface area contributed by atoms with Gasteiger partial charge in [-0.2, -0.15) is 0 Å². The minimum atomic E-state index is 0.426. The Bertz CT molecular complexity index is 529. The summed E-state index contributed by atoms with van der Waals surface area (Å²) < 4.78 is 0. The van der Waals surface area contributed by atoms with Gasteiger partial charge in [-0.05, 0) is 49.2 Å². The molecule has 2 heterocycles. The number of anilines is 4. The first-order chi connectivity index (χ1) is 9.31. The minimum Gasteiger partial charge on any atom is -0.382 e. The molecule has 1 aromatic carbocycles. The number of benzene rings is 1. The molecule has 2 aromatic rings. The molecule has 0 bridgehead atoms. The minimum absolute atomic E-state index is 0.426. The number of hydrogen-bond donors (Lipinski definition) is 2. The van der Waals surface area contributed by atoms with Crippen LogP contribution in [-0.4, -0.2) is 23.3 Å². The summed E-state index contributed by atoms with van der Waals surface area (Å²) in [6.07, 6.45) is 2.59. The van der Waals surface area contributed by atoms with Gasteiger partial charge in [0.2, 0.25) is 0 Å². The van der Waals surface area contributed by atoms with Crippen LogP contribution in [0, 0.1) is 0 Å². The van der Waals surface area contributed by atoms with Crippen molar-refractivity contribution >= 4 is 23.0 Å². The van der Waals surface area contributed by atoms with Gasteiger partial charge >= 0.3 is 0 Å². The second kappa shape index (κ2) is 5.14. The Morgan fingerprint density at radius 2 is 1.68 bits per heavy atom. The van der Waals surface area contributed by atoms with Crippen molar-refractivity contribution in [1.29, 1.82) is 0 Å². The Labute approximate surface area is 112 Å². The summed E-state index contributed by atoms with van der Waals surface area (Å²) in [5, 5.41) is 11.0. The van der Waals surface area contributed by atoms with Gasteiger partial charge in [-0.3, -0.25) is 0 Å². The third kappa shape index (κ3) is 2.76. The van der Waals surface area contributed by atoms with Gasteiger partial charge in [-0.15, -0.1) is 10.2 Å². The second-order valence-corrected chi connectivity index (χ2v) is 4.71. The van der Waals surface area contributed by atoms with Crippen LogP contribution in [0.15, 0.2) is 36.4 Å². The van der Waals surface area contributed by atoms with Gasteiger partial charge in [0.05, 0.1) is 0 Å². The van der Waals surface area contributed by atoms with Crippen molar-refractivity contribution in [2.75, 3.05) is 29.0 Å². The molecule has 1 aromatic heterocycles. The number of nitrogens with zero attached hydrogens (tertiary/aromatic N) is 3. The summed E-state index contributed by atoms with van der Waals surface area (Å²) in [4.78, 5) is 2.41. The zero-order valence-electron chi connectivity index (χ0n) is 10.7. The van der Waals surface area contributed by atoms with E-state index < -0.39 is 0 Å². The van der Waals surface area contributed by atoms with Crippen LogP contribution in [-0.2, 0) is 0 Å². The molecule has 0 spiro atoms. The normalized spacial score (nSPS) is 14.6. The van der Waals surface area contributed by atoms with Crippen LogP contribution in [0.1, 0.15) is 12.8 Å². The molecule has 0 amide bonds. The van der Waals surface area contributed by atoms with Crippen molar-refractivity contribution < 1.29 is 0 Å². The molecule has 3 N–H and O–H groups in total. The van der Waals surface area contributed by atoms with Crippen LogP contribution in [0.25, 0.3) is 0 Å². The number of hydrogen-bond acceptors (Lipinski definition) is 5. The molecule has 0 aliphatic carbocycles. The molecule has 0 unspecified atom stereocenters. The Balaban J connectivity index is 1.70. The second-order valence-electron chi connectivity index (χ2n) is 4.71. The summed E-state index contributed by atoms with van der Waals surface area (Å²) in [6.45, 7) is 2.33. The van der Waals surface area contributed by atoms with E-state index in [0.29, 0.717) is 11.6 Å². The fraction of sp³-hybridized carbons (Fsp3) is 0.286. The van der Waals surface area contributed by atoms with E-state index in [1.807, 2.05) is 6.07 Å². The average Bonchev–Trinajstić information content (AvgIpc) is 2.96. The molecule has 1 aliphatic rings. The van der Waals surface area contributed by atoms with Crippen LogP contribution >= 0.6 is 0 Å². The van der Waals surface area contributed by atoms with Crippen LogP contribution < -0.4 is 16.0 Å². The van der Waals surface area contributed by atoms with Gasteiger partial charge in [0.25, 0.3) is 0 Å². The van der Waals surface area contributed by atoms with Crippen LogP contribution in [0.5, 0.6) is 0 Å². The van der Waals surface area contributed by atoms with Crippen molar-refractivity contribution in [2.24, 2.45) is 0 Å². The van der Waals surface area contributed by atoms with E-state index >= 15 is 0 Å². The van der Waals surface area contributed by atoms with E-state index in [9.17, 15) is 0 Å². The molecule has 98 valence electrons. The maximum atomic E-state index is 5.50. The number of nitrogens with one attached hydrogen (secondary N) is 1. The highest BCUT2D eigenvalue weighted by atomic mass is 15.2. The number of nitrogens with two attached hydrogens (primary N) is 1. The molecule has 1 fully saturated rings. The summed E-state index contributed by atoms with van der Waals surface area (Å²) in [5.74, 6) is 1.12. The van der Waals surface area contributed by atoms with Crippen molar-refractivity contribution in [3.63, 3.8) is 0 Å². The van der Waals surface area contributed by atoms with Gasteiger partial charge < -0.3 is 16.0 Å². The van der Waals surface area contributed by atoms with Crippen LogP contribution in [0.4, 0.5) is 23.0 Å². The van der Waals surface area contributed by atoms with E-state index in [0.717, 1.165) is 18.8 Å². The first-order valence-corrected chi connectivity index (χ1v) is 6.52. The SMILES string of the molecule is Nc1ccc(Nc2ccc(N3CCCC3)cc2)nn1. The molecule has 1 saturated heterocycles. The van der Waals surface area contributed by atoms with Crippen molar-refractivity contribution in [3.8, 4) is 0 Å². The Morgan fingerprint density at radius 3 is 2.32 bits per heavy atom. The van der Waals surface area contributed by atoms with Crippen molar-refractivity contribution in [1.82, 2.24) is 10.2 Å². The topological polar surface area (TPSA) is 67.1 Å². The molecule has 0 saturated carbocycles. The van der Waals surface area contributed by atoms with Crippen molar-refractivity contribution in [2.45, 2.75) is 12.8 Å². The third-order valence-electron chi connectivity index (χ3n) is 3.30. The van der Waals surface area contributed by atoms with Gasteiger partial charge in [0.1, 0.15) is 5.82 Å². The van der Waals surface area contributed by atoms with Crippen LogP contribution in [0.2, 0.25) is 0 Å². The highest BCUT2D eigenvalue weighted by Crippen LogP contribution is 2.23. The Kier molecular flexibility index (Phi) is 3.18. The Morgan fingerprint density at radius 1 is 0.947 bits per heavy atom. The lowest BCUT2D eigenvalue weighted by molar-refractivity contribution is 0.949. The maximum Gasteiger partial charge on any atom is 0.153 e. The summed E-state index contributed by atoms with van der Waals surface area (Å²) >= 11 is 0. The van der Waals surface area contributed by atoms with E-state index in [2.05, 4.69) is 44.7 Å². The first kappa shape index (κ1) is 11.8. The largest absolute Gasteiger partial charge is 0.382 e. The average molecular weight is 255 g/mol. The van der Waals surface area contributed by atoms with Gasteiger partial charge in [-0.1, -0.05) is 0 Å². The molecular weight excluding hydrogens is 238 g/mol. The summed E-state index contributed by atoms with van der Waals surface area (Å²) in [7, 11) is 0. The van der Waals surface area contributed by atoms with Gasteiger partial charge in [0.15, 0.2) is 5.82 Å². The zero-order chi connectivity index (χ0) is 13.1. The van der Waals surface area contributed by atoms with Gasteiger partial charge in [0, 0.05) is 24.5 Å². The third-order valence-corrected chi connectivity index (χ3v) is 3.30.